The van der Waals surface area contributed by atoms with Crippen LogP contribution in [0.15, 0.2) is 60.7 Å². The molecule has 0 bridgehead atoms. The highest BCUT2D eigenvalue weighted by atomic mass is 19.1. The largest absolute Gasteiger partial charge is 0.449 e. The second-order valence-electron chi connectivity index (χ2n) is 6.03. The predicted octanol–water partition coefficient (Wildman–Crippen LogP) is 4.47. The zero-order valence-corrected chi connectivity index (χ0v) is 14.5. The van der Waals surface area contributed by atoms with Crippen molar-refractivity contribution in [2.24, 2.45) is 0 Å². The summed E-state index contributed by atoms with van der Waals surface area (Å²) in [5.74, 6) is -1.70. The van der Waals surface area contributed by atoms with Gasteiger partial charge in [-0.05, 0) is 43.0 Å². The van der Waals surface area contributed by atoms with Gasteiger partial charge in [0.1, 0.15) is 5.82 Å². The van der Waals surface area contributed by atoms with Gasteiger partial charge in [0.15, 0.2) is 6.10 Å². The number of carbonyl (C=O) groups is 2. The number of aryl methyl sites for hydroxylation is 1. The number of hydrogen-bond acceptors (Lipinski definition) is 3. The van der Waals surface area contributed by atoms with E-state index in [2.05, 4.69) is 5.32 Å². The van der Waals surface area contributed by atoms with E-state index in [1.807, 2.05) is 36.4 Å². The molecule has 26 heavy (non-hydrogen) atoms. The molecular formula is C21H18FNO3. The fraction of sp³-hybridized carbons (Fsp3) is 0.143. The minimum absolute atomic E-state index is 0.0675. The van der Waals surface area contributed by atoms with Crippen molar-refractivity contribution in [2.75, 3.05) is 5.32 Å². The molecule has 3 aromatic carbocycles. The summed E-state index contributed by atoms with van der Waals surface area (Å²) < 4.78 is 18.7. The van der Waals surface area contributed by atoms with Gasteiger partial charge in [0, 0.05) is 11.1 Å². The van der Waals surface area contributed by atoms with Crippen molar-refractivity contribution in [3.8, 4) is 0 Å². The summed E-state index contributed by atoms with van der Waals surface area (Å²) in [5.41, 5.74) is 1.14. The zero-order chi connectivity index (χ0) is 18.7. The van der Waals surface area contributed by atoms with Crippen LogP contribution >= 0.6 is 0 Å². The maximum Gasteiger partial charge on any atom is 0.339 e. The molecule has 3 rings (SSSR count). The van der Waals surface area contributed by atoms with Gasteiger partial charge in [-0.2, -0.15) is 0 Å². The second-order valence-corrected chi connectivity index (χ2v) is 6.03. The van der Waals surface area contributed by atoms with E-state index < -0.39 is 23.8 Å². The average molecular weight is 351 g/mol. The van der Waals surface area contributed by atoms with E-state index in [-0.39, 0.29) is 5.56 Å². The van der Waals surface area contributed by atoms with Crippen LogP contribution in [0, 0.1) is 12.7 Å². The Morgan fingerprint density at radius 3 is 2.54 bits per heavy atom. The third kappa shape index (κ3) is 3.72. The lowest BCUT2D eigenvalue weighted by molar-refractivity contribution is -0.123. The summed E-state index contributed by atoms with van der Waals surface area (Å²) in [6.45, 7) is 3.08. The lowest BCUT2D eigenvalue weighted by Crippen LogP contribution is -2.30. The first-order chi connectivity index (χ1) is 12.5. The molecule has 0 heterocycles. The van der Waals surface area contributed by atoms with Gasteiger partial charge in [-0.15, -0.1) is 0 Å². The van der Waals surface area contributed by atoms with E-state index in [0.29, 0.717) is 11.3 Å². The molecule has 0 fully saturated rings. The van der Waals surface area contributed by atoms with Crippen LogP contribution < -0.4 is 5.32 Å². The van der Waals surface area contributed by atoms with Crippen molar-refractivity contribution in [3.63, 3.8) is 0 Å². The Hall–Kier alpha value is -3.21. The molecule has 0 saturated carbocycles. The number of halogens is 1. The van der Waals surface area contributed by atoms with Gasteiger partial charge in [0.25, 0.3) is 5.91 Å². The molecule has 5 heteroatoms. The molecule has 3 aromatic rings. The fourth-order valence-corrected chi connectivity index (χ4v) is 2.57. The van der Waals surface area contributed by atoms with Crippen LogP contribution in [0.5, 0.6) is 0 Å². The summed E-state index contributed by atoms with van der Waals surface area (Å²) >= 11 is 0. The predicted molar refractivity (Wildman–Crippen MR) is 98.6 cm³/mol. The van der Waals surface area contributed by atoms with Gasteiger partial charge in [0.2, 0.25) is 0 Å². The highest BCUT2D eigenvalue weighted by Gasteiger charge is 2.20. The standard InChI is InChI=1S/C21H18FNO3/c1-13-10-11-16(12-18(13)22)21(25)26-14(2)20(24)23-19-9-5-7-15-6-3-4-8-17(15)19/h3-12,14H,1-2H3,(H,23,24). The van der Waals surface area contributed by atoms with Crippen LogP contribution in [0.2, 0.25) is 0 Å². The molecule has 0 aliphatic rings. The highest BCUT2D eigenvalue weighted by molar-refractivity contribution is 6.04. The lowest BCUT2D eigenvalue weighted by atomic mass is 10.1. The van der Waals surface area contributed by atoms with Crippen LogP contribution in [-0.2, 0) is 9.53 Å². The first-order valence-electron chi connectivity index (χ1n) is 8.21. The van der Waals surface area contributed by atoms with Crippen LogP contribution in [0.25, 0.3) is 10.8 Å². The average Bonchev–Trinajstić information content (AvgIpc) is 2.64. The highest BCUT2D eigenvalue weighted by Crippen LogP contribution is 2.23. The van der Waals surface area contributed by atoms with Crippen molar-refractivity contribution >= 4 is 28.3 Å². The number of hydrogen-bond donors (Lipinski definition) is 1. The summed E-state index contributed by atoms with van der Waals surface area (Å²) in [6, 6.07) is 17.3. The Labute approximate surface area is 150 Å². The summed E-state index contributed by atoms with van der Waals surface area (Å²) in [6.07, 6.45) is -1.02. The number of esters is 1. The Morgan fingerprint density at radius 2 is 1.77 bits per heavy atom. The van der Waals surface area contributed by atoms with Gasteiger partial charge in [-0.1, -0.05) is 42.5 Å². The Bertz CT molecular complexity index is 979. The molecule has 132 valence electrons. The van der Waals surface area contributed by atoms with Crippen LogP contribution in [0.1, 0.15) is 22.8 Å². The Kier molecular flexibility index (Phi) is 4.98. The Balaban J connectivity index is 1.71. The van der Waals surface area contributed by atoms with Crippen LogP contribution in [0.3, 0.4) is 0 Å². The number of nitrogens with one attached hydrogen (secondary N) is 1. The molecule has 0 aliphatic carbocycles. The number of benzene rings is 3. The van der Waals surface area contributed by atoms with Gasteiger partial charge in [-0.3, -0.25) is 4.79 Å². The molecule has 0 aromatic heterocycles. The fourth-order valence-electron chi connectivity index (χ4n) is 2.57. The van der Waals surface area contributed by atoms with Gasteiger partial charge < -0.3 is 10.1 Å². The maximum absolute atomic E-state index is 13.6. The van der Waals surface area contributed by atoms with E-state index in [9.17, 15) is 14.0 Å². The van der Waals surface area contributed by atoms with Crippen LogP contribution in [0.4, 0.5) is 10.1 Å². The molecule has 1 amide bonds. The second kappa shape index (κ2) is 7.35. The normalized spacial score (nSPS) is 11.8. The third-order valence-corrected chi connectivity index (χ3v) is 4.11. The summed E-state index contributed by atoms with van der Waals surface area (Å²) in [7, 11) is 0. The number of fused-ring (bicyclic) bond motifs is 1. The Morgan fingerprint density at radius 1 is 1.04 bits per heavy atom. The molecule has 0 radical (unpaired) electrons. The lowest BCUT2D eigenvalue weighted by Gasteiger charge is -2.15. The van der Waals surface area contributed by atoms with Crippen molar-refractivity contribution in [3.05, 3.63) is 77.6 Å². The van der Waals surface area contributed by atoms with Crippen molar-refractivity contribution < 1.29 is 18.7 Å². The zero-order valence-electron chi connectivity index (χ0n) is 14.5. The van der Waals surface area contributed by atoms with E-state index >= 15 is 0 Å². The molecule has 1 N–H and O–H groups in total. The molecule has 0 aliphatic heterocycles. The molecule has 0 saturated heterocycles. The topological polar surface area (TPSA) is 55.4 Å². The van der Waals surface area contributed by atoms with E-state index in [4.69, 9.17) is 4.74 Å². The van der Waals surface area contributed by atoms with E-state index in [0.717, 1.165) is 16.8 Å². The van der Waals surface area contributed by atoms with Crippen LogP contribution in [-0.4, -0.2) is 18.0 Å². The minimum Gasteiger partial charge on any atom is -0.449 e. The van der Waals surface area contributed by atoms with E-state index in [1.165, 1.54) is 19.1 Å². The number of ether oxygens (including phenoxy) is 1. The minimum atomic E-state index is -1.02. The monoisotopic (exact) mass is 351 g/mol. The third-order valence-electron chi connectivity index (χ3n) is 4.11. The van der Waals surface area contributed by atoms with Crippen molar-refractivity contribution in [1.29, 1.82) is 0 Å². The van der Waals surface area contributed by atoms with Gasteiger partial charge in [-0.25, -0.2) is 9.18 Å². The van der Waals surface area contributed by atoms with Crippen molar-refractivity contribution in [2.45, 2.75) is 20.0 Å². The van der Waals surface area contributed by atoms with E-state index in [1.54, 1.807) is 13.0 Å². The van der Waals surface area contributed by atoms with Gasteiger partial charge >= 0.3 is 5.97 Å². The number of carbonyl (C=O) groups excluding carboxylic acids is 2. The SMILES string of the molecule is Cc1ccc(C(=O)OC(C)C(=O)Nc2cccc3ccccc23)cc1F. The van der Waals surface area contributed by atoms with Gasteiger partial charge in [0.05, 0.1) is 5.56 Å². The first kappa shape index (κ1) is 17.6. The first-order valence-corrected chi connectivity index (χ1v) is 8.21. The van der Waals surface area contributed by atoms with Crippen molar-refractivity contribution in [1.82, 2.24) is 0 Å². The maximum atomic E-state index is 13.6. The number of anilines is 1. The quantitative estimate of drug-likeness (QED) is 0.706. The molecule has 1 atom stereocenters. The molecule has 1 unspecified atom stereocenters. The number of rotatable bonds is 4. The molecule has 0 spiro atoms. The molecule has 4 nitrogen and oxygen atoms in total. The smallest absolute Gasteiger partial charge is 0.339 e. The summed E-state index contributed by atoms with van der Waals surface area (Å²) in [5, 5.41) is 4.65. The number of amides is 1. The summed E-state index contributed by atoms with van der Waals surface area (Å²) in [4.78, 5) is 24.5. The molecular weight excluding hydrogens is 333 g/mol.